The molecule has 6 heteroatoms. The summed E-state index contributed by atoms with van der Waals surface area (Å²) in [5, 5.41) is 0.622. The van der Waals surface area contributed by atoms with Gasteiger partial charge in [-0.1, -0.05) is 23.2 Å². The van der Waals surface area contributed by atoms with E-state index in [9.17, 15) is 9.59 Å². The fourth-order valence-electron chi connectivity index (χ4n) is 4.05. The number of nitrogens with zero attached hydrogens (tertiary/aromatic N) is 1. The third kappa shape index (κ3) is 4.10. The van der Waals surface area contributed by atoms with Crippen molar-refractivity contribution in [3.05, 3.63) is 58.6 Å². The summed E-state index contributed by atoms with van der Waals surface area (Å²) < 4.78 is 12.0. The second-order valence-corrected chi connectivity index (χ2v) is 8.36. The minimum Gasteiger partial charge on any atom is -0.486 e. The SMILES string of the molecule is Cc1ccc2c(c1)C(=O)CC1(CCN(C(=O)C(C)Oc3ccc(Cl)cc3)CC1)O2. The van der Waals surface area contributed by atoms with Crippen molar-refractivity contribution >= 4 is 23.3 Å². The van der Waals surface area contributed by atoms with Crippen molar-refractivity contribution in [1.82, 2.24) is 4.90 Å². The fraction of sp³-hybridized carbons (Fsp3) is 0.391. The first-order valence-electron chi connectivity index (χ1n) is 9.89. The Labute approximate surface area is 175 Å². The maximum atomic E-state index is 12.8. The molecular formula is C23H24ClNO4. The Balaban J connectivity index is 1.39. The van der Waals surface area contributed by atoms with Crippen LogP contribution in [0.25, 0.3) is 0 Å². The van der Waals surface area contributed by atoms with E-state index in [0.717, 1.165) is 5.56 Å². The standard InChI is InChI=1S/C23H24ClNO4/c1-15-3-8-21-19(13-15)20(26)14-23(29-21)9-11-25(12-10-23)22(27)16(2)28-18-6-4-17(24)5-7-18/h3-8,13,16H,9-12,14H2,1-2H3. The Morgan fingerprint density at radius 1 is 1.17 bits per heavy atom. The van der Waals surface area contributed by atoms with Crippen LogP contribution in [0.2, 0.25) is 5.02 Å². The van der Waals surface area contributed by atoms with Gasteiger partial charge in [0.15, 0.2) is 11.9 Å². The lowest BCUT2D eigenvalue weighted by Gasteiger charge is -2.44. The molecule has 0 aliphatic carbocycles. The van der Waals surface area contributed by atoms with Crippen LogP contribution >= 0.6 is 11.6 Å². The fourth-order valence-corrected chi connectivity index (χ4v) is 4.17. The van der Waals surface area contributed by atoms with Gasteiger partial charge in [-0.05, 0) is 50.2 Å². The van der Waals surface area contributed by atoms with Gasteiger partial charge in [0.1, 0.15) is 17.1 Å². The van der Waals surface area contributed by atoms with Crippen LogP contribution in [0.3, 0.4) is 0 Å². The number of halogens is 1. The smallest absolute Gasteiger partial charge is 0.263 e. The second-order valence-electron chi connectivity index (χ2n) is 7.92. The van der Waals surface area contributed by atoms with Crippen LogP contribution in [-0.4, -0.2) is 41.4 Å². The number of benzene rings is 2. The van der Waals surface area contributed by atoms with Gasteiger partial charge in [0.25, 0.3) is 5.91 Å². The van der Waals surface area contributed by atoms with Crippen molar-refractivity contribution in [2.45, 2.75) is 44.8 Å². The van der Waals surface area contributed by atoms with Gasteiger partial charge in [0.2, 0.25) is 0 Å². The summed E-state index contributed by atoms with van der Waals surface area (Å²) in [5.74, 6) is 1.32. The zero-order chi connectivity index (χ0) is 20.6. The molecule has 0 N–H and O–H groups in total. The van der Waals surface area contributed by atoms with E-state index in [2.05, 4.69) is 0 Å². The zero-order valence-corrected chi connectivity index (χ0v) is 17.4. The first kappa shape index (κ1) is 19.8. The number of Topliss-reactive ketones (excluding diaryl/α,β-unsaturated/α-hetero) is 1. The highest BCUT2D eigenvalue weighted by atomic mass is 35.5. The van der Waals surface area contributed by atoms with Crippen LogP contribution in [0.1, 0.15) is 42.1 Å². The van der Waals surface area contributed by atoms with E-state index >= 15 is 0 Å². The van der Waals surface area contributed by atoms with Gasteiger partial charge in [-0.2, -0.15) is 0 Å². The van der Waals surface area contributed by atoms with E-state index in [1.54, 1.807) is 36.1 Å². The van der Waals surface area contributed by atoms with Crippen molar-refractivity contribution in [3.63, 3.8) is 0 Å². The number of aryl methyl sites for hydroxylation is 1. The highest BCUT2D eigenvalue weighted by Crippen LogP contribution is 2.39. The van der Waals surface area contributed by atoms with Crippen LogP contribution in [0.15, 0.2) is 42.5 Å². The molecule has 2 aliphatic heterocycles. The normalized spacial score (nSPS) is 18.7. The first-order valence-corrected chi connectivity index (χ1v) is 10.3. The summed E-state index contributed by atoms with van der Waals surface area (Å²) in [4.78, 5) is 27.3. The maximum absolute atomic E-state index is 12.8. The number of carbonyl (C=O) groups is 2. The molecule has 1 unspecified atom stereocenters. The molecule has 0 radical (unpaired) electrons. The average molecular weight is 414 g/mol. The molecule has 1 spiro atoms. The second kappa shape index (κ2) is 7.71. The lowest BCUT2D eigenvalue weighted by Crippen LogP contribution is -2.54. The van der Waals surface area contributed by atoms with Crippen molar-refractivity contribution < 1.29 is 19.1 Å². The summed E-state index contributed by atoms with van der Waals surface area (Å²) in [7, 11) is 0. The monoisotopic (exact) mass is 413 g/mol. The van der Waals surface area contributed by atoms with Gasteiger partial charge < -0.3 is 14.4 Å². The van der Waals surface area contributed by atoms with Gasteiger partial charge in [-0.3, -0.25) is 9.59 Å². The van der Waals surface area contributed by atoms with Gasteiger partial charge >= 0.3 is 0 Å². The molecule has 152 valence electrons. The summed E-state index contributed by atoms with van der Waals surface area (Å²) >= 11 is 5.89. The predicted octanol–water partition coefficient (Wildman–Crippen LogP) is 4.44. The topological polar surface area (TPSA) is 55.8 Å². The lowest BCUT2D eigenvalue weighted by molar-refractivity contribution is -0.141. The number of ketones is 1. The maximum Gasteiger partial charge on any atom is 0.263 e. The minimum atomic E-state index is -0.595. The number of amides is 1. The van der Waals surface area contributed by atoms with Crippen LogP contribution in [0, 0.1) is 6.92 Å². The molecule has 0 bridgehead atoms. The van der Waals surface area contributed by atoms with Crippen LogP contribution in [0.5, 0.6) is 11.5 Å². The first-order chi connectivity index (χ1) is 13.8. The van der Waals surface area contributed by atoms with Crippen LogP contribution in [-0.2, 0) is 4.79 Å². The molecule has 4 rings (SSSR count). The Morgan fingerprint density at radius 3 is 2.55 bits per heavy atom. The quantitative estimate of drug-likeness (QED) is 0.746. The lowest BCUT2D eigenvalue weighted by atomic mass is 9.82. The van der Waals surface area contributed by atoms with E-state index in [1.165, 1.54) is 0 Å². The molecule has 1 saturated heterocycles. The van der Waals surface area contributed by atoms with Gasteiger partial charge in [-0.15, -0.1) is 0 Å². The number of ether oxygens (including phenoxy) is 2. The van der Waals surface area contributed by atoms with Gasteiger partial charge in [0, 0.05) is 31.0 Å². The number of hydrogen-bond donors (Lipinski definition) is 0. The molecule has 29 heavy (non-hydrogen) atoms. The van der Waals surface area contributed by atoms with Crippen LogP contribution in [0.4, 0.5) is 0 Å². The molecule has 2 aromatic carbocycles. The Morgan fingerprint density at radius 2 is 1.86 bits per heavy atom. The number of rotatable bonds is 3. The van der Waals surface area contributed by atoms with Crippen molar-refractivity contribution in [2.24, 2.45) is 0 Å². The molecular weight excluding hydrogens is 390 g/mol. The molecule has 2 heterocycles. The number of piperidine rings is 1. The zero-order valence-electron chi connectivity index (χ0n) is 16.6. The average Bonchev–Trinajstić information content (AvgIpc) is 2.70. The largest absolute Gasteiger partial charge is 0.486 e. The molecule has 2 aliphatic rings. The van der Waals surface area contributed by atoms with E-state index in [-0.39, 0.29) is 11.7 Å². The number of fused-ring (bicyclic) bond motifs is 1. The molecule has 0 aromatic heterocycles. The van der Waals surface area contributed by atoms with Gasteiger partial charge in [-0.25, -0.2) is 0 Å². The number of carbonyl (C=O) groups excluding carboxylic acids is 2. The summed E-state index contributed by atoms with van der Waals surface area (Å²) in [6.07, 6.45) is 1.03. The number of hydrogen-bond acceptors (Lipinski definition) is 4. The van der Waals surface area contributed by atoms with Crippen LogP contribution < -0.4 is 9.47 Å². The van der Waals surface area contributed by atoms with Crippen molar-refractivity contribution in [2.75, 3.05) is 13.1 Å². The van der Waals surface area contributed by atoms with Gasteiger partial charge in [0.05, 0.1) is 12.0 Å². The molecule has 1 amide bonds. The summed E-state index contributed by atoms with van der Waals surface area (Å²) in [6.45, 7) is 4.80. The van der Waals surface area contributed by atoms with E-state index in [1.807, 2.05) is 25.1 Å². The molecule has 1 atom stereocenters. The Kier molecular flexibility index (Phi) is 5.26. The molecule has 1 fully saturated rings. The minimum absolute atomic E-state index is 0.0621. The Bertz CT molecular complexity index is 932. The predicted molar refractivity (Wildman–Crippen MR) is 111 cm³/mol. The van der Waals surface area contributed by atoms with Crippen molar-refractivity contribution in [1.29, 1.82) is 0 Å². The molecule has 5 nitrogen and oxygen atoms in total. The van der Waals surface area contributed by atoms with Crippen molar-refractivity contribution in [3.8, 4) is 11.5 Å². The van der Waals surface area contributed by atoms with E-state index < -0.39 is 11.7 Å². The summed E-state index contributed by atoms with van der Waals surface area (Å²) in [6, 6.07) is 12.7. The number of likely N-dealkylation sites (tertiary alicyclic amines) is 1. The third-order valence-electron chi connectivity index (χ3n) is 5.71. The van der Waals surface area contributed by atoms with E-state index in [4.69, 9.17) is 21.1 Å². The highest BCUT2D eigenvalue weighted by molar-refractivity contribution is 6.30. The molecule has 2 aromatic rings. The molecule has 0 saturated carbocycles. The van der Waals surface area contributed by atoms with E-state index in [0.29, 0.717) is 54.4 Å². The Hall–Kier alpha value is -2.53. The summed E-state index contributed by atoms with van der Waals surface area (Å²) in [5.41, 5.74) is 1.20. The highest BCUT2D eigenvalue weighted by Gasteiger charge is 2.44. The third-order valence-corrected chi connectivity index (χ3v) is 5.96.